The Morgan fingerprint density at radius 3 is 2.61 bits per heavy atom. The van der Waals surface area contributed by atoms with Crippen LogP contribution in [0.5, 0.6) is 5.88 Å². The van der Waals surface area contributed by atoms with Crippen molar-refractivity contribution in [1.82, 2.24) is 19.5 Å². The van der Waals surface area contributed by atoms with Crippen LogP contribution >= 0.6 is 11.3 Å². The summed E-state index contributed by atoms with van der Waals surface area (Å²) in [5, 5.41) is 3.19. The second kappa shape index (κ2) is 7.66. The third-order valence-electron chi connectivity index (χ3n) is 4.95. The molecule has 0 aliphatic carbocycles. The Bertz CT molecular complexity index is 1450. The van der Waals surface area contributed by atoms with Gasteiger partial charge in [0.15, 0.2) is 0 Å². The van der Waals surface area contributed by atoms with Crippen LogP contribution in [0.15, 0.2) is 77.2 Å². The van der Waals surface area contributed by atoms with Crippen LogP contribution in [0.1, 0.15) is 0 Å². The van der Waals surface area contributed by atoms with Gasteiger partial charge in [-0.25, -0.2) is 19.5 Å². The first-order valence-electron chi connectivity index (χ1n) is 9.47. The highest BCUT2D eigenvalue weighted by Gasteiger charge is 2.15. The van der Waals surface area contributed by atoms with E-state index in [4.69, 9.17) is 10.5 Å². The molecule has 8 heteroatoms. The van der Waals surface area contributed by atoms with E-state index in [2.05, 4.69) is 15.0 Å². The molecule has 0 amide bonds. The van der Waals surface area contributed by atoms with Gasteiger partial charge in [-0.3, -0.25) is 4.79 Å². The molecule has 31 heavy (non-hydrogen) atoms. The average molecular weight is 427 g/mol. The van der Waals surface area contributed by atoms with E-state index in [9.17, 15) is 4.79 Å². The maximum absolute atomic E-state index is 13.3. The minimum atomic E-state index is -0.225. The van der Waals surface area contributed by atoms with Gasteiger partial charge in [0.1, 0.15) is 5.01 Å². The van der Waals surface area contributed by atoms with Gasteiger partial charge in [-0.2, -0.15) is 0 Å². The number of para-hydroxylation sites is 1. The molecule has 0 unspecified atom stereocenters. The van der Waals surface area contributed by atoms with Crippen molar-refractivity contribution in [3.63, 3.8) is 0 Å². The molecule has 0 saturated heterocycles. The predicted molar refractivity (Wildman–Crippen MR) is 123 cm³/mol. The molecular formula is C23H17N5O2S. The van der Waals surface area contributed by atoms with Crippen LogP contribution in [0.4, 0.5) is 5.95 Å². The smallest absolute Gasteiger partial charge is 0.267 e. The first-order chi connectivity index (χ1) is 15.2. The van der Waals surface area contributed by atoms with E-state index >= 15 is 0 Å². The van der Waals surface area contributed by atoms with Crippen LogP contribution in [0.25, 0.3) is 38.3 Å². The van der Waals surface area contributed by atoms with Crippen molar-refractivity contribution in [1.29, 1.82) is 0 Å². The minimum absolute atomic E-state index is 0.147. The molecule has 0 aliphatic rings. The standard InChI is InChI=1S/C23H17N5O2S/c1-30-20-18(21-25-9-10-31-21)12-15(13-26-20)14-7-8-19-17(11-14)22(29)28(23(24)27-19)16-5-3-2-4-6-16/h2-13H,1H3,(H2,24,27). The molecule has 2 aromatic carbocycles. The van der Waals surface area contributed by atoms with Crippen molar-refractivity contribution in [3.8, 4) is 33.3 Å². The lowest BCUT2D eigenvalue weighted by molar-refractivity contribution is 0.400. The van der Waals surface area contributed by atoms with Crippen LogP contribution < -0.4 is 16.0 Å². The fraction of sp³-hybridized carbons (Fsp3) is 0.0435. The van der Waals surface area contributed by atoms with Crippen molar-refractivity contribution < 1.29 is 4.74 Å². The van der Waals surface area contributed by atoms with Crippen LogP contribution in [0.3, 0.4) is 0 Å². The Morgan fingerprint density at radius 2 is 1.87 bits per heavy atom. The largest absolute Gasteiger partial charge is 0.480 e. The van der Waals surface area contributed by atoms with Gasteiger partial charge in [0.25, 0.3) is 5.56 Å². The zero-order valence-corrected chi connectivity index (χ0v) is 17.3. The molecule has 2 N–H and O–H groups in total. The number of aromatic nitrogens is 4. The van der Waals surface area contributed by atoms with Crippen LogP contribution in [-0.4, -0.2) is 26.6 Å². The summed E-state index contributed by atoms with van der Waals surface area (Å²) < 4.78 is 6.82. The van der Waals surface area contributed by atoms with E-state index in [1.807, 2.05) is 53.9 Å². The molecule has 7 nitrogen and oxygen atoms in total. The Kier molecular flexibility index (Phi) is 4.68. The van der Waals surface area contributed by atoms with Gasteiger partial charge in [-0.15, -0.1) is 11.3 Å². The molecule has 0 spiro atoms. The maximum atomic E-state index is 13.3. The number of fused-ring (bicyclic) bond motifs is 1. The predicted octanol–water partition coefficient (Wildman–Crippen LogP) is 4.16. The second-order valence-electron chi connectivity index (χ2n) is 6.80. The summed E-state index contributed by atoms with van der Waals surface area (Å²) in [4.78, 5) is 26.5. The van der Waals surface area contributed by atoms with Gasteiger partial charge in [-0.05, 0) is 35.9 Å². The Hall–Kier alpha value is -4.04. The lowest BCUT2D eigenvalue weighted by Crippen LogP contribution is -2.23. The molecule has 5 rings (SSSR count). The quantitative estimate of drug-likeness (QED) is 0.463. The zero-order valence-electron chi connectivity index (χ0n) is 16.5. The number of nitrogens with zero attached hydrogens (tertiary/aromatic N) is 4. The van der Waals surface area contributed by atoms with E-state index in [0.29, 0.717) is 22.5 Å². The lowest BCUT2D eigenvalue weighted by atomic mass is 10.0. The Morgan fingerprint density at radius 1 is 1.03 bits per heavy atom. The van der Waals surface area contributed by atoms with E-state index < -0.39 is 0 Å². The topological polar surface area (TPSA) is 95.9 Å². The van der Waals surface area contributed by atoms with Crippen molar-refractivity contribution in [2.45, 2.75) is 0 Å². The number of methoxy groups -OCH3 is 1. The van der Waals surface area contributed by atoms with Crippen molar-refractivity contribution >= 4 is 28.2 Å². The van der Waals surface area contributed by atoms with E-state index in [-0.39, 0.29) is 11.5 Å². The number of rotatable bonds is 4. The van der Waals surface area contributed by atoms with Gasteiger partial charge >= 0.3 is 0 Å². The molecule has 0 atom stereocenters. The molecule has 3 heterocycles. The summed E-state index contributed by atoms with van der Waals surface area (Å²) in [6.45, 7) is 0. The van der Waals surface area contributed by atoms with Crippen molar-refractivity contribution in [2.24, 2.45) is 0 Å². The number of anilines is 1. The summed E-state index contributed by atoms with van der Waals surface area (Å²) in [6.07, 6.45) is 3.46. The molecule has 0 radical (unpaired) electrons. The molecule has 0 saturated carbocycles. The Balaban J connectivity index is 1.69. The molecule has 0 aliphatic heterocycles. The van der Waals surface area contributed by atoms with Crippen molar-refractivity contribution in [2.75, 3.05) is 12.8 Å². The average Bonchev–Trinajstić information content (AvgIpc) is 3.34. The number of ether oxygens (including phenoxy) is 1. The minimum Gasteiger partial charge on any atom is -0.480 e. The number of benzene rings is 2. The number of nitrogens with two attached hydrogens (primary N) is 1. The molecular weight excluding hydrogens is 410 g/mol. The SMILES string of the molecule is COc1ncc(-c2ccc3nc(N)n(-c4ccccc4)c(=O)c3c2)cc1-c1nccs1. The number of hydrogen-bond acceptors (Lipinski definition) is 7. The van der Waals surface area contributed by atoms with Gasteiger partial charge < -0.3 is 10.5 Å². The first kappa shape index (κ1) is 19.0. The second-order valence-corrected chi connectivity index (χ2v) is 7.69. The highest BCUT2D eigenvalue weighted by molar-refractivity contribution is 7.13. The van der Waals surface area contributed by atoms with E-state index in [1.165, 1.54) is 15.9 Å². The van der Waals surface area contributed by atoms with Crippen LogP contribution in [-0.2, 0) is 0 Å². The zero-order chi connectivity index (χ0) is 21.4. The van der Waals surface area contributed by atoms with Crippen LogP contribution in [0.2, 0.25) is 0 Å². The third kappa shape index (κ3) is 3.32. The van der Waals surface area contributed by atoms with Gasteiger partial charge in [-0.1, -0.05) is 24.3 Å². The Labute approximate surface area is 181 Å². The van der Waals surface area contributed by atoms with Gasteiger partial charge in [0, 0.05) is 23.3 Å². The molecule has 3 aromatic heterocycles. The van der Waals surface area contributed by atoms with Gasteiger partial charge in [0.05, 0.1) is 29.3 Å². The normalized spacial score (nSPS) is 11.0. The summed E-state index contributed by atoms with van der Waals surface area (Å²) in [5.41, 5.74) is 9.56. The molecule has 0 bridgehead atoms. The maximum Gasteiger partial charge on any atom is 0.267 e. The highest BCUT2D eigenvalue weighted by atomic mass is 32.1. The van der Waals surface area contributed by atoms with Crippen LogP contribution in [0, 0.1) is 0 Å². The summed E-state index contributed by atoms with van der Waals surface area (Å²) in [7, 11) is 1.58. The number of hydrogen-bond donors (Lipinski definition) is 1. The summed E-state index contributed by atoms with van der Waals surface area (Å²) in [5.74, 6) is 0.647. The number of pyridine rings is 1. The third-order valence-corrected chi connectivity index (χ3v) is 5.76. The lowest BCUT2D eigenvalue weighted by Gasteiger charge is -2.12. The highest BCUT2D eigenvalue weighted by Crippen LogP contribution is 2.34. The molecule has 152 valence electrons. The fourth-order valence-electron chi connectivity index (χ4n) is 3.49. The van der Waals surface area contributed by atoms with E-state index in [1.54, 1.807) is 25.6 Å². The van der Waals surface area contributed by atoms with Gasteiger partial charge in [0.2, 0.25) is 11.8 Å². The first-order valence-corrected chi connectivity index (χ1v) is 10.4. The number of thiazole rings is 1. The summed E-state index contributed by atoms with van der Waals surface area (Å²) in [6, 6.07) is 16.7. The fourth-order valence-corrected chi connectivity index (χ4v) is 4.14. The molecule has 5 aromatic rings. The summed E-state index contributed by atoms with van der Waals surface area (Å²) >= 11 is 1.51. The van der Waals surface area contributed by atoms with E-state index in [0.717, 1.165) is 21.7 Å². The monoisotopic (exact) mass is 427 g/mol. The van der Waals surface area contributed by atoms with Crippen molar-refractivity contribution in [3.05, 3.63) is 82.7 Å². The number of nitrogen functional groups attached to an aromatic ring is 1. The molecule has 0 fully saturated rings.